The molecule has 0 aromatic carbocycles. The molecule has 2 atom stereocenters. The largest absolute Gasteiger partial charge is 0.319 e. The van der Waals surface area contributed by atoms with E-state index in [0.717, 1.165) is 0 Å². The maximum Gasteiger partial charge on any atom is 0.319 e. The van der Waals surface area contributed by atoms with Crippen LogP contribution in [-0.4, -0.2) is 23.4 Å². The molecule has 0 nitrogen and oxygen atoms in total. The zero-order valence-corrected chi connectivity index (χ0v) is 5.10. The Kier molecular flexibility index (Phi) is 1.63. The van der Waals surface area contributed by atoms with Gasteiger partial charge < -0.3 is 0 Å². The van der Waals surface area contributed by atoms with E-state index in [0.29, 0.717) is 11.8 Å². The molecule has 0 aromatic rings. The number of thioether (sulfide) groups is 1. The molecular formula is C4H4F4S. The molecule has 0 spiro atoms. The molecule has 1 aliphatic rings. The summed E-state index contributed by atoms with van der Waals surface area (Å²) < 4.78 is 47.8. The fourth-order valence-electron chi connectivity index (χ4n) is 0.533. The molecule has 0 N–H and O–H groups in total. The summed E-state index contributed by atoms with van der Waals surface area (Å²) in [4.78, 5) is 0. The van der Waals surface area contributed by atoms with E-state index in [1.807, 2.05) is 0 Å². The predicted molar refractivity (Wildman–Crippen MR) is 27.2 cm³/mol. The molecule has 1 heterocycles. The fourth-order valence-corrected chi connectivity index (χ4v) is 1.46. The lowest BCUT2D eigenvalue weighted by Gasteiger charge is -2.11. The summed E-state index contributed by atoms with van der Waals surface area (Å²) in [5, 5.41) is 0. The van der Waals surface area contributed by atoms with E-state index < -0.39 is 23.4 Å². The van der Waals surface area contributed by atoms with Gasteiger partial charge in [0.2, 0.25) is 5.50 Å². The minimum absolute atomic E-state index is 0.321. The number of hydrogen-bond acceptors (Lipinski definition) is 1. The van der Waals surface area contributed by atoms with Crippen molar-refractivity contribution < 1.29 is 17.6 Å². The molecule has 9 heavy (non-hydrogen) atoms. The number of rotatable bonds is 0. The Labute approximate surface area is 53.6 Å². The van der Waals surface area contributed by atoms with Gasteiger partial charge in [-0.2, -0.15) is 8.78 Å². The molecule has 1 rings (SSSR count). The maximum atomic E-state index is 12.0. The van der Waals surface area contributed by atoms with Crippen LogP contribution in [0.3, 0.4) is 0 Å². The van der Waals surface area contributed by atoms with E-state index in [1.165, 1.54) is 0 Å². The third-order valence-corrected chi connectivity index (χ3v) is 2.20. The predicted octanol–water partition coefficient (Wildman–Crippen LogP) is 2.00. The van der Waals surface area contributed by atoms with E-state index in [1.54, 1.807) is 0 Å². The van der Waals surface area contributed by atoms with Crippen LogP contribution in [0.2, 0.25) is 0 Å². The van der Waals surface area contributed by atoms with E-state index in [2.05, 4.69) is 0 Å². The molecule has 0 radical (unpaired) electrons. The first-order chi connectivity index (χ1) is 4.05. The average molecular weight is 160 g/mol. The minimum Gasteiger partial charge on any atom is -0.240 e. The number of alkyl halides is 4. The Balaban J connectivity index is 2.66. The van der Waals surface area contributed by atoms with Gasteiger partial charge in [0, 0.05) is 5.75 Å². The Morgan fingerprint density at radius 1 is 1.33 bits per heavy atom. The van der Waals surface area contributed by atoms with E-state index in [-0.39, 0.29) is 0 Å². The van der Waals surface area contributed by atoms with Crippen LogP contribution < -0.4 is 0 Å². The quantitative estimate of drug-likeness (QED) is 0.488. The van der Waals surface area contributed by atoms with Crippen molar-refractivity contribution in [2.24, 2.45) is 0 Å². The average Bonchev–Trinajstić information content (AvgIpc) is 1.96. The zero-order chi connectivity index (χ0) is 7.07. The monoisotopic (exact) mass is 160 g/mol. The lowest BCUT2D eigenvalue weighted by Crippen LogP contribution is -2.32. The van der Waals surface area contributed by atoms with Crippen molar-refractivity contribution in [2.45, 2.75) is 17.6 Å². The Bertz CT molecular complexity index is 103. The molecule has 0 aliphatic carbocycles. The van der Waals surface area contributed by atoms with E-state index >= 15 is 0 Å². The number of halogens is 4. The van der Waals surface area contributed by atoms with Gasteiger partial charge >= 0.3 is 5.92 Å². The van der Waals surface area contributed by atoms with Crippen molar-refractivity contribution in [1.29, 1.82) is 0 Å². The third kappa shape index (κ3) is 1.02. The second kappa shape index (κ2) is 2.04. The van der Waals surface area contributed by atoms with E-state index in [9.17, 15) is 17.6 Å². The standard InChI is InChI=1S/C4H4F4S/c5-2-1-9-3(6)4(2,7)8/h2-3H,1H2. The maximum absolute atomic E-state index is 12.0. The summed E-state index contributed by atoms with van der Waals surface area (Å²) in [6.45, 7) is 0. The first-order valence-electron chi connectivity index (χ1n) is 2.32. The lowest BCUT2D eigenvalue weighted by molar-refractivity contribution is -0.0821. The van der Waals surface area contributed by atoms with Gasteiger partial charge in [0.15, 0.2) is 6.17 Å². The van der Waals surface area contributed by atoms with Crippen LogP contribution in [0.1, 0.15) is 0 Å². The molecule has 0 amide bonds. The van der Waals surface area contributed by atoms with Crippen LogP contribution >= 0.6 is 11.8 Å². The second-order valence-electron chi connectivity index (χ2n) is 1.79. The molecule has 0 bridgehead atoms. The number of hydrogen-bond donors (Lipinski definition) is 0. The van der Waals surface area contributed by atoms with Crippen molar-refractivity contribution >= 4 is 11.8 Å². The van der Waals surface area contributed by atoms with E-state index in [4.69, 9.17) is 0 Å². The van der Waals surface area contributed by atoms with Gasteiger partial charge in [0.1, 0.15) is 0 Å². The Morgan fingerprint density at radius 3 is 2.00 bits per heavy atom. The van der Waals surface area contributed by atoms with Crippen molar-refractivity contribution in [2.75, 3.05) is 5.75 Å². The highest BCUT2D eigenvalue weighted by Crippen LogP contribution is 2.42. The second-order valence-corrected chi connectivity index (χ2v) is 2.87. The summed E-state index contributed by atoms with van der Waals surface area (Å²) in [7, 11) is 0. The highest BCUT2D eigenvalue weighted by molar-refractivity contribution is 8.00. The molecule has 1 saturated heterocycles. The molecule has 1 fully saturated rings. The molecule has 54 valence electrons. The first kappa shape index (κ1) is 7.18. The van der Waals surface area contributed by atoms with Crippen LogP contribution in [0, 0.1) is 0 Å². The highest BCUT2D eigenvalue weighted by Gasteiger charge is 2.54. The SMILES string of the molecule is FC1CSC(F)C1(F)F. The molecule has 1 aliphatic heterocycles. The van der Waals surface area contributed by atoms with Crippen molar-refractivity contribution in [3.05, 3.63) is 0 Å². The van der Waals surface area contributed by atoms with Crippen LogP contribution in [0.5, 0.6) is 0 Å². The van der Waals surface area contributed by atoms with Crippen molar-refractivity contribution in [3.8, 4) is 0 Å². The lowest BCUT2D eigenvalue weighted by atomic mass is 10.3. The van der Waals surface area contributed by atoms with Crippen LogP contribution in [-0.2, 0) is 0 Å². The van der Waals surface area contributed by atoms with Gasteiger partial charge in [0.25, 0.3) is 0 Å². The van der Waals surface area contributed by atoms with Crippen molar-refractivity contribution in [3.63, 3.8) is 0 Å². The first-order valence-corrected chi connectivity index (χ1v) is 3.37. The van der Waals surface area contributed by atoms with Gasteiger partial charge in [-0.3, -0.25) is 0 Å². The smallest absolute Gasteiger partial charge is 0.240 e. The summed E-state index contributed by atoms with van der Waals surface area (Å²) in [5.41, 5.74) is -2.35. The fraction of sp³-hybridized carbons (Fsp3) is 1.00. The van der Waals surface area contributed by atoms with Crippen molar-refractivity contribution in [1.82, 2.24) is 0 Å². The highest BCUT2D eigenvalue weighted by atomic mass is 32.2. The molecule has 0 aromatic heterocycles. The third-order valence-electron chi connectivity index (χ3n) is 1.11. The van der Waals surface area contributed by atoms with Crippen LogP contribution in [0.4, 0.5) is 17.6 Å². The Morgan fingerprint density at radius 2 is 1.89 bits per heavy atom. The Hall–Kier alpha value is 0.0700. The molecule has 0 saturated carbocycles. The topological polar surface area (TPSA) is 0 Å². The molecule has 5 heteroatoms. The summed E-state index contributed by atoms with van der Waals surface area (Å²) in [6.07, 6.45) is -2.31. The van der Waals surface area contributed by atoms with Gasteiger partial charge in [-0.05, 0) is 0 Å². The molecule has 2 unspecified atom stereocenters. The van der Waals surface area contributed by atoms with Gasteiger partial charge in [-0.25, -0.2) is 8.78 Å². The van der Waals surface area contributed by atoms with Crippen LogP contribution in [0.15, 0.2) is 0 Å². The minimum atomic E-state index is -3.76. The van der Waals surface area contributed by atoms with Gasteiger partial charge in [-0.15, -0.1) is 11.8 Å². The van der Waals surface area contributed by atoms with Crippen LogP contribution in [0.25, 0.3) is 0 Å². The zero-order valence-electron chi connectivity index (χ0n) is 4.28. The molecular weight excluding hydrogens is 156 g/mol. The summed E-state index contributed by atoms with van der Waals surface area (Å²) in [6, 6.07) is 0. The van der Waals surface area contributed by atoms with Gasteiger partial charge in [-0.1, -0.05) is 0 Å². The summed E-state index contributed by atoms with van der Waals surface area (Å²) >= 11 is 0.321. The van der Waals surface area contributed by atoms with Gasteiger partial charge in [0.05, 0.1) is 0 Å². The normalized spacial score (nSPS) is 41.3. The summed E-state index contributed by atoms with van der Waals surface area (Å²) in [5.74, 6) is -4.20.